The molecule has 0 fully saturated rings. The van der Waals surface area contributed by atoms with E-state index in [0.717, 1.165) is 11.1 Å². The fraction of sp³-hybridized carbons (Fsp3) is 0.414. The number of likely N-dealkylation sites (N-methyl/N-ethyl adjacent to an activating group) is 3. The van der Waals surface area contributed by atoms with Crippen molar-refractivity contribution < 1.29 is 19.1 Å². The SMILES string of the molecule is CNC(=O)[C@@H](Cc1ccccc1)N(C)C(=O)[C@@H](Cc1ccc(OC)cc1)N(C)C(=O)C=CCC(C)(C)N. The second kappa shape index (κ2) is 13.6. The van der Waals surface area contributed by atoms with Crippen LogP contribution in [0.15, 0.2) is 66.7 Å². The number of carbonyl (C=O) groups excluding carboxylic acids is 3. The maximum absolute atomic E-state index is 13.9. The summed E-state index contributed by atoms with van der Waals surface area (Å²) in [5.74, 6) is -0.224. The van der Waals surface area contributed by atoms with E-state index in [-0.39, 0.29) is 24.1 Å². The molecule has 0 unspecified atom stereocenters. The largest absolute Gasteiger partial charge is 0.497 e. The molecule has 0 saturated carbocycles. The van der Waals surface area contributed by atoms with Crippen molar-refractivity contribution in [1.82, 2.24) is 15.1 Å². The summed E-state index contributed by atoms with van der Waals surface area (Å²) in [4.78, 5) is 42.6. The first kappa shape index (κ1) is 29.6. The van der Waals surface area contributed by atoms with Gasteiger partial charge in [0.1, 0.15) is 17.8 Å². The van der Waals surface area contributed by atoms with E-state index < -0.39 is 17.6 Å². The summed E-state index contributed by atoms with van der Waals surface area (Å²) in [6.45, 7) is 3.75. The Labute approximate surface area is 220 Å². The summed E-state index contributed by atoms with van der Waals surface area (Å²) < 4.78 is 5.24. The molecule has 8 heteroatoms. The number of hydrogen-bond acceptors (Lipinski definition) is 5. The van der Waals surface area contributed by atoms with Crippen LogP contribution < -0.4 is 15.8 Å². The number of nitrogens with two attached hydrogens (primary N) is 1. The number of rotatable bonds is 12. The molecule has 2 atom stereocenters. The van der Waals surface area contributed by atoms with Crippen molar-refractivity contribution in [2.24, 2.45) is 5.73 Å². The molecule has 0 aliphatic heterocycles. The van der Waals surface area contributed by atoms with Gasteiger partial charge in [0, 0.05) is 39.5 Å². The van der Waals surface area contributed by atoms with E-state index in [1.165, 1.54) is 15.9 Å². The van der Waals surface area contributed by atoms with Crippen molar-refractivity contribution in [2.45, 2.75) is 50.7 Å². The molecule has 3 N–H and O–H groups in total. The topological polar surface area (TPSA) is 105 Å². The quantitative estimate of drug-likeness (QED) is 0.429. The zero-order valence-electron chi connectivity index (χ0n) is 22.7. The van der Waals surface area contributed by atoms with E-state index in [9.17, 15) is 14.4 Å². The van der Waals surface area contributed by atoms with Crippen LogP contribution in [-0.2, 0) is 27.2 Å². The molecule has 8 nitrogen and oxygen atoms in total. The van der Waals surface area contributed by atoms with Crippen LogP contribution in [0, 0.1) is 0 Å². The van der Waals surface area contributed by atoms with Crippen molar-refractivity contribution in [3.05, 3.63) is 77.9 Å². The lowest BCUT2D eigenvalue weighted by molar-refractivity contribution is -0.146. The highest BCUT2D eigenvalue weighted by molar-refractivity contribution is 5.95. The third kappa shape index (κ3) is 9.06. The first-order valence-electron chi connectivity index (χ1n) is 12.3. The van der Waals surface area contributed by atoms with Gasteiger partial charge in [0.15, 0.2) is 0 Å². The highest BCUT2D eigenvalue weighted by Gasteiger charge is 2.34. The molecule has 2 rings (SSSR count). The average molecular weight is 509 g/mol. The van der Waals surface area contributed by atoms with E-state index >= 15 is 0 Å². The number of methoxy groups -OCH3 is 1. The summed E-state index contributed by atoms with van der Waals surface area (Å²) in [7, 11) is 6.35. The van der Waals surface area contributed by atoms with Crippen molar-refractivity contribution in [3.63, 3.8) is 0 Å². The maximum atomic E-state index is 13.9. The van der Waals surface area contributed by atoms with Gasteiger partial charge in [-0.25, -0.2) is 0 Å². The Morgan fingerprint density at radius 3 is 2.05 bits per heavy atom. The first-order valence-corrected chi connectivity index (χ1v) is 12.3. The summed E-state index contributed by atoms with van der Waals surface area (Å²) in [5, 5.41) is 2.67. The number of nitrogens with one attached hydrogen (secondary N) is 1. The number of carbonyl (C=O) groups is 3. The lowest BCUT2D eigenvalue weighted by Gasteiger charge is -2.34. The summed E-state index contributed by atoms with van der Waals surface area (Å²) >= 11 is 0. The van der Waals surface area contributed by atoms with Gasteiger partial charge in [0.25, 0.3) is 0 Å². The third-order valence-electron chi connectivity index (χ3n) is 6.23. The van der Waals surface area contributed by atoms with Crippen LogP contribution >= 0.6 is 0 Å². The minimum Gasteiger partial charge on any atom is -0.497 e. The Kier molecular flexibility index (Phi) is 10.9. The molecule has 0 bridgehead atoms. The standard InChI is InChI=1S/C29H40N4O4/c1-29(2,30)18-10-13-26(34)32(4)25(20-22-14-16-23(37-6)17-15-22)28(36)33(5)24(27(35)31-3)19-21-11-8-7-9-12-21/h7-17,24-25H,18-20,30H2,1-6H3,(H,31,35)/t24-,25-/m1/s1. The number of hydrogen-bond donors (Lipinski definition) is 2. The van der Waals surface area contributed by atoms with Crippen molar-refractivity contribution in [1.29, 1.82) is 0 Å². The van der Waals surface area contributed by atoms with Crippen molar-refractivity contribution in [2.75, 3.05) is 28.3 Å². The van der Waals surface area contributed by atoms with Crippen LogP contribution in [0.5, 0.6) is 5.75 Å². The van der Waals surface area contributed by atoms with Crippen LogP contribution in [0.25, 0.3) is 0 Å². The molecule has 37 heavy (non-hydrogen) atoms. The van der Waals surface area contributed by atoms with Gasteiger partial charge in [-0.1, -0.05) is 48.5 Å². The van der Waals surface area contributed by atoms with E-state index in [4.69, 9.17) is 10.5 Å². The molecule has 0 aliphatic rings. The van der Waals surface area contributed by atoms with Gasteiger partial charge in [-0.05, 0) is 49.6 Å². The second-order valence-electron chi connectivity index (χ2n) is 9.88. The minimum atomic E-state index is -0.829. The van der Waals surface area contributed by atoms with Crippen LogP contribution in [-0.4, -0.2) is 73.4 Å². The minimum absolute atomic E-state index is 0.275. The highest BCUT2D eigenvalue weighted by atomic mass is 16.5. The molecule has 0 spiro atoms. The Bertz CT molecular complexity index is 1060. The Morgan fingerprint density at radius 1 is 0.946 bits per heavy atom. The summed E-state index contributed by atoms with van der Waals surface area (Å²) in [6, 6.07) is 15.3. The molecule has 200 valence electrons. The van der Waals surface area contributed by atoms with Crippen LogP contribution in [0.1, 0.15) is 31.4 Å². The number of benzene rings is 2. The fourth-order valence-corrected chi connectivity index (χ4v) is 3.91. The molecular formula is C29H40N4O4. The van der Waals surface area contributed by atoms with Crippen molar-refractivity contribution >= 4 is 17.7 Å². The fourth-order valence-electron chi connectivity index (χ4n) is 3.91. The third-order valence-corrected chi connectivity index (χ3v) is 6.23. The number of amides is 3. The van der Waals surface area contributed by atoms with Gasteiger partial charge in [-0.3, -0.25) is 14.4 Å². The summed E-state index contributed by atoms with van der Waals surface area (Å²) in [5.41, 5.74) is 7.36. The van der Waals surface area contributed by atoms with Gasteiger partial charge in [0.2, 0.25) is 17.7 Å². The number of ether oxygens (including phenoxy) is 1. The lowest BCUT2D eigenvalue weighted by Crippen LogP contribution is -2.55. The van der Waals surface area contributed by atoms with Crippen LogP contribution in [0.4, 0.5) is 0 Å². The van der Waals surface area contributed by atoms with Gasteiger partial charge in [0.05, 0.1) is 7.11 Å². The normalized spacial score (nSPS) is 13.1. The van der Waals surface area contributed by atoms with Gasteiger partial charge < -0.3 is 25.6 Å². The molecule has 2 aromatic carbocycles. The predicted molar refractivity (Wildman–Crippen MR) is 146 cm³/mol. The molecule has 0 heterocycles. The van der Waals surface area contributed by atoms with E-state index in [0.29, 0.717) is 18.6 Å². The molecule has 2 aromatic rings. The van der Waals surface area contributed by atoms with Crippen LogP contribution in [0.3, 0.4) is 0 Å². The highest BCUT2D eigenvalue weighted by Crippen LogP contribution is 2.18. The smallest absolute Gasteiger partial charge is 0.246 e. The van der Waals surface area contributed by atoms with Gasteiger partial charge in [-0.15, -0.1) is 0 Å². The Hall–Kier alpha value is -3.65. The zero-order valence-corrected chi connectivity index (χ0v) is 22.7. The van der Waals surface area contributed by atoms with Crippen LogP contribution in [0.2, 0.25) is 0 Å². The summed E-state index contributed by atoms with van der Waals surface area (Å²) in [6.07, 6.45) is 4.31. The predicted octanol–water partition coefficient (Wildman–Crippen LogP) is 2.56. The maximum Gasteiger partial charge on any atom is 0.246 e. The van der Waals surface area contributed by atoms with Gasteiger partial charge >= 0.3 is 0 Å². The Morgan fingerprint density at radius 2 is 1.51 bits per heavy atom. The van der Waals surface area contributed by atoms with Gasteiger partial charge in [-0.2, -0.15) is 0 Å². The molecule has 0 aromatic heterocycles. The monoisotopic (exact) mass is 508 g/mol. The van der Waals surface area contributed by atoms with E-state index in [1.807, 2.05) is 68.4 Å². The molecule has 0 saturated heterocycles. The first-order chi connectivity index (χ1) is 17.5. The number of nitrogens with zero attached hydrogens (tertiary/aromatic N) is 2. The molecule has 3 amide bonds. The van der Waals surface area contributed by atoms with E-state index in [1.54, 1.807) is 34.3 Å². The zero-order chi connectivity index (χ0) is 27.6. The van der Waals surface area contributed by atoms with Crippen molar-refractivity contribution in [3.8, 4) is 5.75 Å². The second-order valence-corrected chi connectivity index (χ2v) is 9.88. The molecule has 0 aliphatic carbocycles. The lowest BCUT2D eigenvalue weighted by atomic mass is 10.00. The Balaban J connectivity index is 2.36. The molecular weight excluding hydrogens is 468 g/mol. The van der Waals surface area contributed by atoms with E-state index in [2.05, 4.69) is 5.32 Å². The molecule has 0 radical (unpaired) electrons. The average Bonchev–Trinajstić information content (AvgIpc) is 2.88.